The van der Waals surface area contributed by atoms with E-state index in [4.69, 9.17) is 5.41 Å². The summed E-state index contributed by atoms with van der Waals surface area (Å²) < 4.78 is 2.15. The maximum absolute atomic E-state index is 10.3. The van der Waals surface area contributed by atoms with E-state index in [2.05, 4.69) is 39.4 Å². The van der Waals surface area contributed by atoms with Crippen LogP contribution in [-0.4, -0.2) is 62.1 Å². The molecule has 0 saturated heterocycles. The third-order valence-corrected chi connectivity index (χ3v) is 7.65. The molecule has 1 aromatic carbocycles. The predicted octanol–water partition coefficient (Wildman–Crippen LogP) is 4.09. The van der Waals surface area contributed by atoms with Gasteiger partial charge in [-0.3, -0.25) is 9.98 Å². The Morgan fingerprint density at radius 2 is 2.03 bits per heavy atom. The van der Waals surface area contributed by atoms with Crippen LogP contribution in [0, 0.1) is 27.6 Å². The van der Waals surface area contributed by atoms with Gasteiger partial charge in [0.05, 0.1) is 46.3 Å². The molecular formula is C29H37N7O2. The summed E-state index contributed by atoms with van der Waals surface area (Å²) in [6, 6.07) is 13.4. The van der Waals surface area contributed by atoms with Crippen molar-refractivity contribution in [1.29, 1.82) is 10.7 Å². The van der Waals surface area contributed by atoms with Crippen molar-refractivity contribution in [2.75, 3.05) is 13.6 Å². The number of nitrogens with one attached hydrogen (secondary N) is 1. The number of aliphatic imine (C=N–C) groups is 1. The van der Waals surface area contributed by atoms with E-state index in [0.717, 1.165) is 43.3 Å². The lowest BCUT2D eigenvalue weighted by Gasteiger charge is -2.47. The number of nitrogens with zero attached hydrogens (tertiary/aromatic N) is 6. The number of aliphatic hydroxyl groups excluding tert-OH is 1. The molecule has 2 heterocycles. The third kappa shape index (κ3) is 6.33. The smallest absolute Gasteiger partial charge is 0.213 e. The van der Waals surface area contributed by atoms with E-state index < -0.39 is 6.41 Å². The number of aromatic nitrogens is 3. The Kier molecular flexibility index (Phi) is 8.36. The van der Waals surface area contributed by atoms with Crippen molar-refractivity contribution in [2.24, 2.45) is 15.8 Å². The van der Waals surface area contributed by atoms with Gasteiger partial charge in [0.25, 0.3) is 0 Å². The summed E-state index contributed by atoms with van der Waals surface area (Å²) in [5.41, 5.74) is 3.75. The fourth-order valence-corrected chi connectivity index (χ4v) is 6.14. The molecule has 0 bridgehead atoms. The SMILES string of the molecule is CN=CC(C=N)c1cccc(CN(CC2(C)CCCC(C)(Cn3cnc4ccc(C#N)cc43)C2)C(O)O)n1. The van der Waals surface area contributed by atoms with Gasteiger partial charge in [0, 0.05) is 39.1 Å². The molecule has 1 fully saturated rings. The van der Waals surface area contributed by atoms with Gasteiger partial charge in [-0.05, 0) is 60.4 Å². The van der Waals surface area contributed by atoms with Gasteiger partial charge in [-0.1, -0.05) is 26.3 Å². The Balaban J connectivity index is 1.50. The van der Waals surface area contributed by atoms with Crippen LogP contribution in [0.3, 0.4) is 0 Å². The minimum atomic E-state index is -1.61. The molecule has 1 aliphatic rings. The highest BCUT2D eigenvalue weighted by Gasteiger charge is 2.41. The van der Waals surface area contributed by atoms with Gasteiger partial charge in [0.1, 0.15) is 0 Å². The second-order valence-corrected chi connectivity index (χ2v) is 11.2. The molecule has 1 saturated carbocycles. The molecule has 4 rings (SSSR count). The topological polar surface area (TPSA) is 134 Å². The van der Waals surface area contributed by atoms with Gasteiger partial charge in [0.2, 0.25) is 6.41 Å². The van der Waals surface area contributed by atoms with Gasteiger partial charge in [-0.25, -0.2) is 9.88 Å². The zero-order chi connectivity index (χ0) is 27.3. The molecule has 3 N–H and O–H groups in total. The van der Waals surface area contributed by atoms with Gasteiger partial charge in [-0.15, -0.1) is 0 Å². The van der Waals surface area contributed by atoms with Crippen LogP contribution in [0.25, 0.3) is 11.0 Å². The monoisotopic (exact) mass is 515 g/mol. The van der Waals surface area contributed by atoms with Crippen LogP contribution < -0.4 is 0 Å². The van der Waals surface area contributed by atoms with Crippen molar-refractivity contribution in [3.63, 3.8) is 0 Å². The molecule has 0 radical (unpaired) electrons. The lowest BCUT2D eigenvalue weighted by Crippen LogP contribution is -2.46. The van der Waals surface area contributed by atoms with Crippen LogP contribution in [0.4, 0.5) is 0 Å². The molecule has 0 aliphatic heterocycles. The van der Waals surface area contributed by atoms with E-state index in [1.165, 1.54) is 6.21 Å². The highest BCUT2D eigenvalue weighted by molar-refractivity contribution is 5.88. The van der Waals surface area contributed by atoms with Crippen LogP contribution in [0.1, 0.15) is 62.4 Å². The number of pyridine rings is 1. The quantitative estimate of drug-likeness (QED) is 0.275. The normalized spacial score (nSPS) is 22.8. The van der Waals surface area contributed by atoms with Gasteiger partial charge in [0.15, 0.2) is 0 Å². The highest BCUT2D eigenvalue weighted by atomic mass is 16.5. The van der Waals surface area contributed by atoms with Gasteiger partial charge < -0.3 is 20.2 Å². The number of aliphatic hydroxyl groups is 2. The fourth-order valence-electron chi connectivity index (χ4n) is 6.14. The van der Waals surface area contributed by atoms with Crippen molar-refractivity contribution in [3.05, 3.63) is 59.7 Å². The summed E-state index contributed by atoms with van der Waals surface area (Å²) in [6.07, 6.45) is 7.24. The standard InChI is InChI=1S/C29H37N7O2/c1-28(18-35(27(37)38)16-23-6-4-7-24(34-23)22(14-31)15-32-3)10-5-11-29(2,17-28)19-36-20-33-25-9-8-21(13-30)12-26(25)36/h4,6-9,12,14-15,20,22,27,31,37-38H,5,10-11,16-19H2,1-3H3. The fraction of sp³-hybridized carbons (Fsp3) is 0.483. The summed E-state index contributed by atoms with van der Waals surface area (Å²) in [5, 5.41) is 37.6. The van der Waals surface area contributed by atoms with Crippen LogP contribution in [0.2, 0.25) is 0 Å². The molecule has 9 nitrogen and oxygen atoms in total. The number of benzene rings is 1. The Labute approximate surface area is 224 Å². The van der Waals surface area contributed by atoms with Gasteiger partial charge in [-0.2, -0.15) is 5.26 Å². The molecule has 0 spiro atoms. The molecule has 3 aromatic rings. The average Bonchev–Trinajstić information content (AvgIpc) is 3.27. The minimum Gasteiger partial charge on any atom is -0.356 e. The van der Waals surface area contributed by atoms with Crippen molar-refractivity contribution in [1.82, 2.24) is 19.4 Å². The Hall–Kier alpha value is -3.45. The zero-order valence-corrected chi connectivity index (χ0v) is 22.4. The van der Waals surface area contributed by atoms with Crippen LogP contribution in [0.5, 0.6) is 0 Å². The van der Waals surface area contributed by atoms with E-state index in [9.17, 15) is 15.5 Å². The summed E-state index contributed by atoms with van der Waals surface area (Å²) in [5.74, 6) is -0.312. The molecular weight excluding hydrogens is 478 g/mol. The molecule has 200 valence electrons. The van der Waals surface area contributed by atoms with Crippen LogP contribution in [0.15, 0.2) is 47.7 Å². The number of hydrogen-bond donors (Lipinski definition) is 3. The van der Waals surface area contributed by atoms with E-state index in [1.807, 2.05) is 36.7 Å². The summed E-state index contributed by atoms with van der Waals surface area (Å²) in [7, 11) is 1.67. The Morgan fingerprint density at radius 3 is 2.74 bits per heavy atom. The van der Waals surface area contributed by atoms with Crippen molar-refractivity contribution >= 4 is 23.5 Å². The van der Waals surface area contributed by atoms with Crippen LogP contribution in [-0.2, 0) is 13.1 Å². The number of rotatable bonds is 10. The molecule has 0 amide bonds. The van der Waals surface area contributed by atoms with Gasteiger partial charge >= 0.3 is 0 Å². The first kappa shape index (κ1) is 27.6. The first-order valence-electron chi connectivity index (χ1n) is 13.0. The van der Waals surface area contributed by atoms with Crippen LogP contribution >= 0.6 is 0 Å². The number of imidazole rings is 1. The average molecular weight is 516 g/mol. The summed E-state index contributed by atoms with van der Waals surface area (Å²) in [4.78, 5) is 14.9. The maximum atomic E-state index is 10.3. The minimum absolute atomic E-state index is 0.00973. The lowest BCUT2D eigenvalue weighted by molar-refractivity contribution is -0.173. The first-order valence-corrected chi connectivity index (χ1v) is 13.0. The Bertz CT molecular complexity index is 1340. The second kappa shape index (κ2) is 11.5. The molecule has 3 atom stereocenters. The number of fused-ring (bicyclic) bond motifs is 1. The van der Waals surface area contributed by atoms with Crippen molar-refractivity contribution < 1.29 is 10.2 Å². The molecule has 2 aromatic heterocycles. The van der Waals surface area contributed by atoms with E-state index in [0.29, 0.717) is 23.5 Å². The van der Waals surface area contributed by atoms with E-state index >= 15 is 0 Å². The number of nitriles is 1. The largest absolute Gasteiger partial charge is 0.356 e. The van der Waals surface area contributed by atoms with E-state index in [1.54, 1.807) is 24.2 Å². The van der Waals surface area contributed by atoms with Crippen molar-refractivity contribution in [2.45, 2.75) is 65.0 Å². The Morgan fingerprint density at radius 1 is 1.24 bits per heavy atom. The molecule has 38 heavy (non-hydrogen) atoms. The third-order valence-electron chi connectivity index (χ3n) is 7.65. The number of hydrogen-bond acceptors (Lipinski definition) is 8. The second-order valence-electron chi connectivity index (χ2n) is 11.2. The first-order chi connectivity index (χ1) is 18.2. The summed E-state index contributed by atoms with van der Waals surface area (Å²) >= 11 is 0. The molecule has 1 aliphatic carbocycles. The zero-order valence-electron chi connectivity index (χ0n) is 22.4. The predicted molar refractivity (Wildman–Crippen MR) is 148 cm³/mol. The van der Waals surface area contributed by atoms with E-state index in [-0.39, 0.29) is 23.3 Å². The van der Waals surface area contributed by atoms with Crippen molar-refractivity contribution in [3.8, 4) is 6.07 Å². The molecule has 9 heteroatoms. The highest BCUT2D eigenvalue weighted by Crippen LogP contribution is 2.48. The lowest BCUT2D eigenvalue weighted by atomic mass is 9.63. The maximum Gasteiger partial charge on any atom is 0.213 e. The summed E-state index contributed by atoms with van der Waals surface area (Å²) in [6.45, 7) is 6.10. The molecule has 3 unspecified atom stereocenters.